The number of esters is 1. The third-order valence-electron chi connectivity index (χ3n) is 4.59. The van der Waals surface area contributed by atoms with E-state index in [2.05, 4.69) is 20.9 Å². The van der Waals surface area contributed by atoms with Gasteiger partial charge in [0.25, 0.3) is 0 Å². The van der Waals surface area contributed by atoms with Gasteiger partial charge in [0.2, 0.25) is 0 Å². The van der Waals surface area contributed by atoms with E-state index in [1.807, 2.05) is 18.2 Å². The molecular weight excluding hydrogens is 344 g/mol. The lowest BCUT2D eigenvalue weighted by atomic mass is 10.1. The lowest BCUT2D eigenvalue weighted by molar-refractivity contribution is 0.0297. The highest BCUT2D eigenvalue weighted by molar-refractivity contribution is 5.91. The molecule has 1 fully saturated rings. The van der Waals surface area contributed by atoms with E-state index in [1.165, 1.54) is 7.11 Å². The highest BCUT2D eigenvalue weighted by Gasteiger charge is 2.25. The van der Waals surface area contributed by atoms with E-state index in [0.29, 0.717) is 35.8 Å². The third-order valence-corrected chi connectivity index (χ3v) is 4.59. The summed E-state index contributed by atoms with van der Waals surface area (Å²) in [6.07, 6.45) is 3.68. The Hall–Kier alpha value is -2.98. The first-order chi connectivity index (χ1) is 13.1. The Kier molecular flexibility index (Phi) is 5.99. The number of pyridine rings is 2. The Morgan fingerprint density at radius 3 is 3.00 bits per heavy atom. The molecule has 0 aliphatic carbocycles. The molecular formula is C20H22N4O3. The summed E-state index contributed by atoms with van der Waals surface area (Å²) in [6, 6.07) is 9.46. The summed E-state index contributed by atoms with van der Waals surface area (Å²) >= 11 is 0. The number of aromatic nitrogens is 2. The van der Waals surface area contributed by atoms with Crippen LogP contribution in [0.2, 0.25) is 0 Å². The van der Waals surface area contributed by atoms with Crippen LogP contribution in [0, 0.1) is 18.3 Å². The van der Waals surface area contributed by atoms with Crippen molar-refractivity contribution < 1.29 is 14.3 Å². The van der Waals surface area contributed by atoms with Crippen molar-refractivity contribution >= 4 is 11.8 Å². The molecule has 1 atom stereocenters. The maximum atomic E-state index is 11.9. The predicted octanol–water partition coefficient (Wildman–Crippen LogP) is 2.63. The van der Waals surface area contributed by atoms with Gasteiger partial charge in [-0.05, 0) is 38.0 Å². The average Bonchev–Trinajstić information content (AvgIpc) is 2.72. The lowest BCUT2D eigenvalue weighted by Gasteiger charge is -2.34. The Bertz CT molecular complexity index is 848. The molecule has 0 aromatic carbocycles. The number of carbonyl (C=O) groups excluding carboxylic acids is 1. The standard InChI is InChI=1S/C20H22N4O3/c1-14-18(20(25)26-2)10-15(11-21)19(23-14)24-9-5-7-17(12-24)27-13-16-6-3-4-8-22-16/h3-4,6,8,10,17H,5,7,9,12-13H2,1-2H3. The van der Waals surface area contributed by atoms with Gasteiger partial charge in [0, 0.05) is 19.3 Å². The van der Waals surface area contributed by atoms with Crippen molar-refractivity contribution in [1.29, 1.82) is 5.26 Å². The molecule has 2 aromatic heterocycles. The van der Waals surface area contributed by atoms with Crippen LogP contribution in [0.25, 0.3) is 0 Å². The molecule has 3 rings (SSSR count). The fraction of sp³-hybridized carbons (Fsp3) is 0.400. The number of aryl methyl sites for hydroxylation is 1. The van der Waals surface area contributed by atoms with Gasteiger partial charge in [-0.15, -0.1) is 0 Å². The van der Waals surface area contributed by atoms with E-state index < -0.39 is 5.97 Å². The van der Waals surface area contributed by atoms with Crippen LogP contribution in [0.1, 0.15) is 40.2 Å². The van der Waals surface area contributed by atoms with Crippen molar-refractivity contribution in [1.82, 2.24) is 9.97 Å². The number of nitriles is 1. The topological polar surface area (TPSA) is 88.3 Å². The monoisotopic (exact) mass is 366 g/mol. The van der Waals surface area contributed by atoms with E-state index in [-0.39, 0.29) is 6.10 Å². The maximum Gasteiger partial charge on any atom is 0.339 e. The number of carbonyl (C=O) groups is 1. The minimum absolute atomic E-state index is 0.0367. The lowest BCUT2D eigenvalue weighted by Crippen LogP contribution is -2.40. The molecule has 0 saturated carbocycles. The van der Waals surface area contributed by atoms with Crippen molar-refractivity contribution in [3.63, 3.8) is 0 Å². The van der Waals surface area contributed by atoms with Crippen molar-refractivity contribution in [2.75, 3.05) is 25.1 Å². The van der Waals surface area contributed by atoms with Gasteiger partial charge in [0.1, 0.15) is 11.9 Å². The van der Waals surface area contributed by atoms with Crippen LogP contribution in [0.15, 0.2) is 30.5 Å². The summed E-state index contributed by atoms with van der Waals surface area (Å²) in [5.74, 6) is 0.104. The quantitative estimate of drug-likeness (QED) is 0.752. The molecule has 27 heavy (non-hydrogen) atoms. The minimum Gasteiger partial charge on any atom is -0.465 e. The van der Waals surface area contributed by atoms with E-state index in [1.54, 1.807) is 19.2 Å². The zero-order chi connectivity index (χ0) is 19.2. The second kappa shape index (κ2) is 8.60. The maximum absolute atomic E-state index is 11.9. The van der Waals surface area contributed by atoms with Gasteiger partial charge in [-0.3, -0.25) is 4.98 Å². The molecule has 0 radical (unpaired) electrons. The van der Waals surface area contributed by atoms with Gasteiger partial charge < -0.3 is 14.4 Å². The Labute approximate surface area is 158 Å². The van der Waals surface area contributed by atoms with Crippen LogP contribution in [0.5, 0.6) is 0 Å². The first-order valence-electron chi connectivity index (χ1n) is 8.89. The highest BCUT2D eigenvalue weighted by Crippen LogP contribution is 2.25. The van der Waals surface area contributed by atoms with Gasteiger partial charge in [-0.2, -0.15) is 5.26 Å². The van der Waals surface area contributed by atoms with Crippen molar-refractivity contribution in [3.8, 4) is 6.07 Å². The Morgan fingerprint density at radius 2 is 2.30 bits per heavy atom. The average molecular weight is 366 g/mol. The molecule has 1 saturated heterocycles. The number of methoxy groups -OCH3 is 1. The predicted molar refractivity (Wildman–Crippen MR) is 99.3 cm³/mol. The molecule has 0 bridgehead atoms. The molecule has 0 spiro atoms. The second-order valence-corrected chi connectivity index (χ2v) is 6.44. The summed E-state index contributed by atoms with van der Waals surface area (Å²) in [5, 5.41) is 9.53. The van der Waals surface area contributed by atoms with Gasteiger partial charge in [0.15, 0.2) is 0 Å². The Balaban J connectivity index is 1.74. The molecule has 2 aromatic rings. The van der Waals surface area contributed by atoms with E-state index >= 15 is 0 Å². The van der Waals surface area contributed by atoms with Crippen LogP contribution in [-0.2, 0) is 16.1 Å². The summed E-state index contributed by atoms with van der Waals surface area (Å²) in [7, 11) is 1.32. The first-order valence-corrected chi connectivity index (χ1v) is 8.89. The number of hydrogen-bond acceptors (Lipinski definition) is 7. The van der Waals surface area contributed by atoms with Crippen LogP contribution in [0.4, 0.5) is 5.82 Å². The van der Waals surface area contributed by atoms with Gasteiger partial charge >= 0.3 is 5.97 Å². The van der Waals surface area contributed by atoms with Crippen molar-refractivity contribution in [2.24, 2.45) is 0 Å². The minimum atomic E-state index is -0.488. The highest BCUT2D eigenvalue weighted by atomic mass is 16.5. The van der Waals surface area contributed by atoms with E-state index in [0.717, 1.165) is 25.1 Å². The van der Waals surface area contributed by atoms with Crippen LogP contribution in [0.3, 0.4) is 0 Å². The Morgan fingerprint density at radius 1 is 1.44 bits per heavy atom. The van der Waals surface area contributed by atoms with E-state index in [4.69, 9.17) is 9.47 Å². The number of piperidine rings is 1. The number of anilines is 1. The summed E-state index contributed by atoms with van der Waals surface area (Å²) in [4.78, 5) is 22.7. The summed E-state index contributed by atoms with van der Waals surface area (Å²) in [6.45, 7) is 3.64. The fourth-order valence-electron chi connectivity index (χ4n) is 3.19. The fourth-order valence-corrected chi connectivity index (χ4v) is 3.19. The van der Waals surface area contributed by atoms with Crippen LogP contribution < -0.4 is 4.90 Å². The zero-order valence-electron chi connectivity index (χ0n) is 15.5. The molecule has 1 unspecified atom stereocenters. The van der Waals surface area contributed by atoms with Crippen molar-refractivity contribution in [2.45, 2.75) is 32.5 Å². The molecule has 1 aliphatic rings. The van der Waals surface area contributed by atoms with Crippen molar-refractivity contribution in [3.05, 3.63) is 53.0 Å². The molecule has 1 aliphatic heterocycles. The van der Waals surface area contributed by atoms with Gasteiger partial charge in [0.05, 0.1) is 42.3 Å². The number of hydrogen-bond donors (Lipinski definition) is 0. The first kappa shape index (κ1) is 18.8. The second-order valence-electron chi connectivity index (χ2n) is 6.44. The van der Waals surface area contributed by atoms with Gasteiger partial charge in [-0.1, -0.05) is 6.07 Å². The number of nitrogens with zero attached hydrogens (tertiary/aromatic N) is 4. The summed E-state index contributed by atoms with van der Waals surface area (Å²) in [5.41, 5.74) is 2.13. The summed E-state index contributed by atoms with van der Waals surface area (Å²) < 4.78 is 10.8. The number of ether oxygens (including phenoxy) is 2. The zero-order valence-corrected chi connectivity index (χ0v) is 15.5. The molecule has 140 valence electrons. The molecule has 7 nitrogen and oxygen atoms in total. The normalized spacial score (nSPS) is 16.6. The number of rotatable bonds is 5. The molecule has 7 heteroatoms. The smallest absolute Gasteiger partial charge is 0.339 e. The third kappa shape index (κ3) is 4.41. The SMILES string of the molecule is COC(=O)c1cc(C#N)c(N2CCCC(OCc3ccccn3)C2)nc1C. The van der Waals surface area contributed by atoms with Gasteiger partial charge in [-0.25, -0.2) is 9.78 Å². The van der Waals surface area contributed by atoms with Crippen LogP contribution >= 0.6 is 0 Å². The largest absolute Gasteiger partial charge is 0.465 e. The molecule has 0 amide bonds. The molecule has 3 heterocycles. The van der Waals surface area contributed by atoms with Crippen LogP contribution in [-0.4, -0.2) is 42.2 Å². The van der Waals surface area contributed by atoms with E-state index in [9.17, 15) is 10.1 Å². The molecule has 0 N–H and O–H groups in total.